The van der Waals surface area contributed by atoms with E-state index in [2.05, 4.69) is 30.1 Å². The van der Waals surface area contributed by atoms with Crippen molar-refractivity contribution in [3.8, 4) is 0 Å². The normalized spacial score (nSPS) is 11.0. The average molecular weight is 218 g/mol. The molecule has 2 aromatic rings. The van der Waals surface area contributed by atoms with Crippen molar-refractivity contribution in [2.75, 3.05) is 0 Å². The van der Waals surface area contributed by atoms with Gasteiger partial charge < -0.3 is 0 Å². The third-order valence-corrected chi connectivity index (χ3v) is 3.42. The number of thiazole rings is 1. The fourth-order valence-electron chi connectivity index (χ4n) is 1.74. The molecular formula is C13H16NS. The minimum Gasteiger partial charge on any atom is -0.245 e. The highest BCUT2D eigenvalue weighted by Crippen LogP contribution is 2.19. The van der Waals surface area contributed by atoms with Gasteiger partial charge in [-0.2, -0.15) is 0 Å². The van der Waals surface area contributed by atoms with E-state index in [1.54, 1.807) is 11.3 Å². The van der Waals surface area contributed by atoms with Gasteiger partial charge in [0.1, 0.15) is 0 Å². The number of nitrogens with zero attached hydrogens (tertiary/aromatic N) is 1. The van der Waals surface area contributed by atoms with Crippen molar-refractivity contribution >= 4 is 21.6 Å². The Hall–Kier alpha value is -0.890. The van der Waals surface area contributed by atoms with Crippen LogP contribution in [0.15, 0.2) is 23.7 Å². The Balaban J connectivity index is 1.96. The molecule has 15 heavy (non-hydrogen) atoms. The van der Waals surface area contributed by atoms with Gasteiger partial charge in [0, 0.05) is 0 Å². The summed E-state index contributed by atoms with van der Waals surface area (Å²) in [5.41, 5.74) is 4.48. The summed E-state index contributed by atoms with van der Waals surface area (Å²) in [5.74, 6) is 0. The lowest BCUT2D eigenvalue weighted by atomic mass is 10.1. The van der Waals surface area contributed by atoms with Gasteiger partial charge in [-0.15, -0.1) is 11.3 Å². The molecule has 1 aromatic heterocycles. The Labute approximate surface area is 95.2 Å². The molecule has 1 nitrogen and oxygen atoms in total. The van der Waals surface area contributed by atoms with Crippen LogP contribution in [-0.4, -0.2) is 4.98 Å². The second-order valence-electron chi connectivity index (χ2n) is 3.82. The maximum absolute atomic E-state index is 4.33. The summed E-state index contributed by atoms with van der Waals surface area (Å²) < 4.78 is 1.29. The molecule has 0 bridgehead atoms. The molecule has 0 spiro atoms. The predicted octanol–water partition coefficient (Wildman–Crippen LogP) is 4.23. The summed E-state index contributed by atoms with van der Waals surface area (Å²) in [4.78, 5) is 4.33. The van der Waals surface area contributed by atoms with E-state index in [4.69, 9.17) is 0 Å². The van der Waals surface area contributed by atoms with Gasteiger partial charge in [-0.1, -0.05) is 32.3 Å². The number of fused-ring (bicyclic) bond motifs is 1. The smallest absolute Gasteiger partial charge is 0.0814 e. The molecule has 0 amide bonds. The first kappa shape index (κ1) is 10.6. The van der Waals surface area contributed by atoms with Crippen molar-refractivity contribution in [1.29, 1.82) is 0 Å². The van der Waals surface area contributed by atoms with Crippen LogP contribution in [0.4, 0.5) is 0 Å². The zero-order valence-corrected chi connectivity index (χ0v) is 9.72. The highest BCUT2D eigenvalue weighted by atomic mass is 32.1. The lowest BCUT2D eigenvalue weighted by Crippen LogP contribution is -1.85. The third kappa shape index (κ3) is 2.78. The lowest BCUT2D eigenvalue weighted by molar-refractivity contribution is 0.686. The molecule has 0 saturated heterocycles. The Kier molecular flexibility index (Phi) is 3.73. The van der Waals surface area contributed by atoms with Crippen molar-refractivity contribution in [3.05, 3.63) is 36.2 Å². The van der Waals surface area contributed by atoms with E-state index in [0.29, 0.717) is 0 Å². The summed E-state index contributed by atoms with van der Waals surface area (Å²) in [6.45, 7) is 3.86. The molecule has 1 aromatic carbocycles. The fourth-order valence-corrected chi connectivity index (χ4v) is 2.40. The number of rotatable bonds is 5. The minimum atomic E-state index is 1.06. The number of aromatic nitrogens is 1. The van der Waals surface area contributed by atoms with Crippen LogP contribution in [0.5, 0.6) is 0 Å². The molecule has 79 valence electrons. The van der Waals surface area contributed by atoms with Gasteiger partial charge in [-0.05, 0) is 30.5 Å². The molecule has 2 rings (SSSR count). The first-order valence-corrected chi connectivity index (χ1v) is 6.39. The van der Waals surface area contributed by atoms with Crippen LogP contribution in [0.2, 0.25) is 0 Å². The largest absolute Gasteiger partial charge is 0.245 e. The van der Waals surface area contributed by atoms with Gasteiger partial charge in [0.2, 0.25) is 0 Å². The molecule has 1 radical (unpaired) electrons. The summed E-state index contributed by atoms with van der Waals surface area (Å²) in [6.07, 6.45) is 6.04. The van der Waals surface area contributed by atoms with Gasteiger partial charge in [0.25, 0.3) is 0 Å². The maximum atomic E-state index is 4.33. The zero-order chi connectivity index (χ0) is 10.5. The van der Waals surface area contributed by atoms with Crippen LogP contribution >= 0.6 is 11.3 Å². The zero-order valence-electron chi connectivity index (χ0n) is 8.91. The van der Waals surface area contributed by atoms with E-state index in [0.717, 1.165) is 11.9 Å². The summed E-state index contributed by atoms with van der Waals surface area (Å²) >= 11 is 1.71. The molecule has 2 heteroatoms. The van der Waals surface area contributed by atoms with Crippen molar-refractivity contribution in [2.45, 2.75) is 32.1 Å². The first-order chi connectivity index (χ1) is 7.40. The number of hydrogen-bond donors (Lipinski definition) is 0. The molecule has 0 fully saturated rings. The molecule has 0 N–H and O–H groups in total. The highest BCUT2D eigenvalue weighted by molar-refractivity contribution is 7.16. The second kappa shape index (κ2) is 5.26. The topological polar surface area (TPSA) is 12.9 Å². The predicted molar refractivity (Wildman–Crippen MR) is 67.1 cm³/mol. The van der Waals surface area contributed by atoms with Crippen molar-refractivity contribution in [1.82, 2.24) is 4.98 Å². The molecule has 0 aliphatic rings. The lowest BCUT2D eigenvalue weighted by Gasteiger charge is -2.00. The number of aryl methyl sites for hydroxylation is 1. The molecule has 0 unspecified atom stereocenters. The highest BCUT2D eigenvalue weighted by Gasteiger charge is 1.98. The van der Waals surface area contributed by atoms with Crippen molar-refractivity contribution < 1.29 is 0 Å². The van der Waals surface area contributed by atoms with Crippen LogP contribution in [0.25, 0.3) is 10.2 Å². The average Bonchev–Trinajstić information content (AvgIpc) is 2.71. The molecule has 0 aliphatic heterocycles. The quantitative estimate of drug-likeness (QED) is 0.684. The van der Waals surface area contributed by atoms with Crippen molar-refractivity contribution in [2.24, 2.45) is 0 Å². The monoisotopic (exact) mass is 218 g/mol. The molecule has 0 saturated carbocycles. The van der Waals surface area contributed by atoms with E-state index < -0.39 is 0 Å². The van der Waals surface area contributed by atoms with E-state index in [-0.39, 0.29) is 0 Å². The maximum Gasteiger partial charge on any atom is 0.0814 e. The third-order valence-electron chi connectivity index (χ3n) is 2.61. The van der Waals surface area contributed by atoms with Crippen LogP contribution in [0, 0.1) is 6.92 Å². The number of unbranched alkanes of at least 4 members (excludes halogenated alkanes) is 3. The number of benzene rings is 1. The Morgan fingerprint density at radius 1 is 1.20 bits per heavy atom. The van der Waals surface area contributed by atoms with Crippen LogP contribution < -0.4 is 0 Å². The van der Waals surface area contributed by atoms with Crippen molar-refractivity contribution in [3.63, 3.8) is 0 Å². The Morgan fingerprint density at radius 3 is 3.00 bits per heavy atom. The van der Waals surface area contributed by atoms with Gasteiger partial charge in [0.05, 0.1) is 15.7 Å². The van der Waals surface area contributed by atoms with Crippen LogP contribution in [0.1, 0.15) is 31.2 Å². The Morgan fingerprint density at radius 2 is 2.13 bits per heavy atom. The molecule has 0 aliphatic carbocycles. The van der Waals surface area contributed by atoms with Gasteiger partial charge in [0.15, 0.2) is 0 Å². The second-order valence-corrected chi connectivity index (χ2v) is 4.70. The van der Waals surface area contributed by atoms with E-state index in [1.165, 1.54) is 35.9 Å². The Bertz CT molecular complexity index is 419. The van der Waals surface area contributed by atoms with E-state index in [1.807, 2.05) is 5.51 Å². The molecule has 1 heterocycles. The molecule has 0 atom stereocenters. The van der Waals surface area contributed by atoms with Crippen LogP contribution in [-0.2, 0) is 6.42 Å². The van der Waals surface area contributed by atoms with Gasteiger partial charge in [-0.25, -0.2) is 4.98 Å². The van der Waals surface area contributed by atoms with Gasteiger partial charge in [-0.3, -0.25) is 0 Å². The number of hydrogen-bond acceptors (Lipinski definition) is 2. The first-order valence-electron chi connectivity index (χ1n) is 5.51. The SMILES string of the molecule is [CH2]CCCCCc1ccc2scnc2c1. The van der Waals surface area contributed by atoms with E-state index >= 15 is 0 Å². The van der Waals surface area contributed by atoms with Crippen LogP contribution in [0.3, 0.4) is 0 Å². The minimum absolute atomic E-state index is 1.06. The molecular weight excluding hydrogens is 202 g/mol. The summed E-state index contributed by atoms with van der Waals surface area (Å²) in [5, 5.41) is 0. The standard InChI is InChI=1S/C13H16NS/c1-2-3-4-5-6-11-7-8-13-12(9-11)14-10-15-13/h7-10H,1-6H2. The summed E-state index contributed by atoms with van der Waals surface area (Å²) in [6, 6.07) is 6.63. The fraction of sp³-hybridized carbons (Fsp3) is 0.385. The van der Waals surface area contributed by atoms with E-state index in [9.17, 15) is 0 Å². The summed E-state index contributed by atoms with van der Waals surface area (Å²) in [7, 11) is 0. The van der Waals surface area contributed by atoms with Gasteiger partial charge >= 0.3 is 0 Å².